The maximum Gasteiger partial charge on any atom is 0.343 e. The van der Waals surface area contributed by atoms with Gasteiger partial charge in [-0.3, -0.25) is 4.57 Å². The number of benzene rings is 1. The van der Waals surface area contributed by atoms with E-state index in [1.54, 1.807) is 25.2 Å². The van der Waals surface area contributed by atoms with Gasteiger partial charge in [0.15, 0.2) is 5.16 Å². The van der Waals surface area contributed by atoms with Crippen molar-refractivity contribution in [2.24, 2.45) is 7.05 Å². The smallest absolute Gasteiger partial charge is 0.343 e. The van der Waals surface area contributed by atoms with Gasteiger partial charge in [0, 0.05) is 17.6 Å². The van der Waals surface area contributed by atoms with Crippen molar-refractivity contribution in [3.8, 4) is 6.07 Å². The van der Waals surface area contributed by atoms with Gasteiger partial charge in [-0.2, -0.15) is 5.26 Å². The summed E-state index contributed by atoms with van der Waals surface area (Å²) in [6, 6.07) is 7.00. The summed E-state index contributed by atoms with van der Waals surface area (Å²) in [6.07, 6.45) is 0. The number of nitrogens with one attached hydrogen (secondary N) is 1. The van der Waals surface area contributed by atoms with E-state index in [1.807, 2.05) is 6.07 Å². The van der Waals surface area contributed by atoms with Gasteiger partial charge in [-0.15, -0.1) is 5.10 Å². The Bertz CT molecular complexity index is 651. The van der Waals surface area contributed by atoms with Gasteiger partial charge in [-0.05, 0) is 30.0 Å². The van der Waals surface area contributed by atoms with Gasteiger partial charge in [0.1, 0.15) is 0 Å². The number of aromatic amines is 1. The number of hydrogen-bond donors (Lipinski definition) is 2. The summed E-state index contributed by atoms with van der Waals surface area (Å²) in [7, 11) is 1.62. The van der Waals surface area contributed by atoms with Crippen molar-refractivity contribution in [1.29, 1.82) is 5.26 Å². The standard InChI is InChI=1S/C10H9N5OS/c1-15-9(16)13-14-10(15)17-8-3-2-6(5-11)4-7(8)12/h2-4H,12H2,1H3,(H,13,16). The minimum atomic E-state index is -0.278. The Morgan fingerprint density at radius 3 is 2.88 bits per heavy atom. The molecule has 0 saturated carbocycles. The zero-order valence-corrected chi connectivity index (χ0v) is 9.78. The molecule has 0 amide bonds. The fraction of sp³-hybridized carbons (Fsp3) is 0.100. The normalized spacial score (nSPS) is 10.1. The fourth-order valence-electron chi connectivity index (χ4n) is 1.23. The van der Waals surface area contributed by atoms with E-state index in [0.29, 0.717) is 16.4 Å². The first-order chi connectivity index (χ1) is 8.11. The molecule has 1 aromatic carbocycles. The average Bonchev–Trinajstić information content (AvgIpc) is 2.63. The van der Waals surface area contributed by atoms with E-state index in [0.717, 1.165) is 4.90 Å². The predicted octanol–water partition coefficient (Wildman–Crippen LogP) is 0.713. The molecular weight excluding hydrogens is 238 g/mol. The highest BCUT2D eigenvalue weighted by Crippen LogP contribution is 2.30. The first kappa shape index (κ1) is 11.3. The number of hydrogen-bond acceptors (Lipinski definition) is 5. The van der Waals surface area contributed by atoms with E-state index < -0.39 is 0 Å². The number of aromatic nitrogens is 3. The van der Waals surface area contributed by atoms with Crippen LogP contribution in [0.4, 0.5) is 5.69 Å². The molecule has 17 heavy (non-hydrogen) atoms. The number of nitrogen functional groups attached to an aromatic ring is 1. The van der Waals surface area contributed by atoms with Crippen LogP contribution in [-0.2, 0) is 7.05 Å². The summed E-state index contributed by atoms with van der Waals surface area (Å²) in [5.41, 5.74) is 6.52. The third-order valence-electron chi connectivity index (χ3n) is 2.18. The number of rotatable bonds is 2. The van der Waals surface area contributed by atoms with E-state index in [4.69, 9.17) is 11.0 Å². The first-order valence-corrected chi connectivity index (χ1v) is 5.52. The zero-order valence-electron chi connectivity index (χ0n) is 8.97. The van der Waals surface area contributed by atoms with E-state index in [1.165, 1.54) is 16.3 Å². The van der Waals surface area contributed by atoms with E-state index in [-0.39, 0.29) is 5.69 Å². The predicted molar refractivity (Wildman–Crippen MR) is 63.5 cm³/mol. The second-order valence-corrected chi connectivity index (χ2v) is 4.35. The number of anilines is 1. The molecule has 0 aliphatic carbocycles. The topological polar surface area (TPSA) is 100 Å². The molecule has 0 aliphatic heterocycles. The molecule has 1 aromatic heterocycles. The average molecular weight is 247 g/mol. The molecule has 0 aliphatic rings. The largest absolute Gasteiger partial charge is 0.398 e. The molecule has 2 aromatic rings. The van der Waals surface area contributed by atoms with Crippen LogP contribution in [0.2, 0.25) is 0 Å². The van der Waals surface area contributed by atoms with Gasteiger partial charge >= 0.3 is 5.69 Å². The lowest BCUT2D eigenvalue weighted by Gasteiger charge is -2.04. The van der Waals surface area contributed by atoms with Crippen LogP contribution in [0, 0.1) is 11.3 Å². The van der Waals surface area contributed by atoms with Crippen LogP contribution in [-0.4, -0.2) is 14.8 Å². The van der Waals surface area contributed by atoms with Gasteiger partial charge < -0.3 is 5.73 Å². The second kappa shape index (κ2) is 4.35. The monoisotopic (exact) mass is 247 g/mol. The Morgan fingerprint density at radius 2 is 2.35 bits per heavy atom. The van der Waals surface area contributed by atoms with Crippen LogP contribution in [0.25, 0.3) is 0 Å². The van der Waals surface area contributed by atoms with Crippen LogP contribution < -0.4 is 11.4 Å². The second-order valence-electron chi connectivity index (χ2n) is 3.34. The van der Waals surface area contributed by atoms with E-state index in [9.17, 15) is 4.79 Å². The third-order valence-corrected chi connectivity index (χ3v) is 3.32. The SMILES string of the molecule is Cn1c(Sc2ccc(C#N)cc2N)n[nH]c1=O. The zero-order chi connectivity index (χ0) is 12.4. The van der Waals surface area contributed by atoms with Gasteiger partial charge in [0.25, 0.3) is 0 Å². The van der Waals surface area contributed by atoms with Crippen LogP contribution in [0.15, 0.2) is 33.0 Å². The number of nitriles is 1. The summed E-state index contributed by atoms with van der Waals surface area (Å²) < 4.78 is 1.39. The summed E-state index contributed by atoms with van der Waals surface area (Å²) in [4.78, 5) is 11.9. The lowest BCUT2D eigenvalue weighted by Crippen LogP contribution is -2.12. The van der Waals surface area contributed by atoms with Crippen molar-refractivity contribution in [3.63, 3.8) is 0 Å². The van der Waals surface area contributed by atoms with Crippen molar-refractivity contribution in [2.45, 2.75) is 10.1 Å². The first-order valence-electron chi connectivity index (χ1n) is 4.70. The summed E-state index contributed by atoms with van der Waals surface area (Å²) in [5.74, 6) is 0. The molecule has 2 rings (SSSR count). The van der Waals surface area contributed by atoms with Gasteiger partial charge in [-0.1, -0.05) is 0 Å². The number of nitrogens with two attached hydrogens (primary N) is 1. The summed E-state index contributed by atoms with van der Waals surface area (Å²) >= 11 is 1.27. The van der Waals surface area contributed by atoms with E-state index >= 15 is 0 Å². The lowest BCUT2D eigenvalue weighted by atomic mass is 10.2. The maximum absolute atomic E-state index is 11.2. The quantitative estimate of drug-likeness (QED) is 0.761. The minimum Gasteiger partial charge on any atom is -0.398 e. The van der Waals surface area contributed by atoms with Crippen molar-refractivity contribution >= 4 is 17.4 Å². The highest BCUT2D eigenvalue weighted by Gasteiger charge is 2.09. The Labute approximate surface area is 101 Å². The molecule has 1 heterocycles. The molecule has 0 radical (unpaired) electrons. The maximum atomic E-state index is 11.2. The van der Waals surface area contributed by atoms with Crippen LogP contribution in [0.1, 0.15) is 5.56 Å². The van der Waals surface area contributed by atoms with Crippen LogP contribution in [0.5, 0.6) is 0 Å². The molecule has 0 atom stereocenters. The molecule has 86 valence electrons. The summed E-state index contributed by atoms with van der Waals surface area (Å²) in [5, 5.41) is 15.4. The van der Waals surface area contributed by atoms with Crippen molar-refractivity contribution in [3.05, 3.63) is 34.2 Å². The molecule has 7 heteroatoms. The Kier molecular flexibility index (Phi) is 2.89. The molecular formula is C10H9N5OS. The molecule has 3 N–H and O–H groups in total. The number of H-pyrrole nitrogens is 1. The highest BCUT2D eigenvalue weighted by atomic mass is 32.2. The van der Waals surface area contributed by atoms with Gasteiger partial charge in [0.2, 0.25) is 0 Å². The molecule has 6 nitrogen and oxygen atoms in total. The minimum absolute atomic E-state index is 0.278. The lowest BCUT2D eigenvalue weighted by molar-refractivity contribution is 0.766. The van der Waals surface area contributed by atoms with Crippen molar-refractivity contribution < 1.29 is 0 Å². The van der Waals surface area contributed by atoms with Crippen molar-refractivity contribution in [1.82, 2.24) is 14.8 Å². The molecule has 0 spiro atoms. The number of nitrogens with zero attached hydrogens (tertiary/aromatic N) is 3. The third kappa shape index (κ3) is 2.16. The van der Waals surface area contributed by atoms with Crippen molar-refractivity contribution in [2.75, 3.05) is 5.73 Å². The highest BCUT2D eigenvalue weighted by molar-refractivity contribution is 7.99. The molecule has 0 unspecified atom stereocenters. The fourth-order valence-corrected chi connectivity index (χ4v) is 2.05. The Hall–Kier alpha value is -2.20. The van der Waals surface area contributed by atoms with Crippen LogP contribution in [0.3, 0.4) is 0 Å². The molecule has 0 saturated heterocycles. The molecule has 0 fully saturated rings. The Balaban J connectivity index is 2.34. The Morgan fingerprint density at radius 1 is 1.59 bits per heavy atom. The van der Waals surface area contributed by atoms with E-state index in [2.05, 4.69) is 10.2 Å². The summed E-state index contributed by atoms with van der Waals surface area (Å²) in [6.45, 7) is 0. The van der Waals surface area contributed by atoms with Gasteiger partial charge in [0.05, 0.1) is 11.6 Å². The van der Waals surface area contributed by atoms with Gasteiger partial charge in [-0.25, -0.2) is 9.89 Å². The van der Waals surface area contributed by atoms with Crippen LogP contribution >= 0.6 is 11.8 Å². The molecule has 0 bridgehead atoms.